The number of rotatable bonds is 3. The van der Waals surface area contributed by atoms with Gasteiger partial charge in [0.05, 0.1) is 11.4 Å². The van der Waals surface area contributed by atoms with Gasteiger partial charge in [-0.2, -0.15) is 10.2 Å². The van der Waals surface area contributed by atoms with Crippen molar-refractivity contribution in [2.75, 3.05) is 5.32 Å². The van der Waals surface area contributed by atoms with Crippen molar-refractivity contribution in [2.45, 2.75) is 19.3 Å². The molecule has 23 heavy (non-hydrogen) atoms. The van der Waals surface area contributed by atoms with Gasteiger partial charge in [-0.15, -0.1) is 5.10 Å². The van der Waals surface area contributed by atoms with E-state index < -0.39 is 0 Å². The maximum atomic E-state index is 12.4. The molecule has 0 atom stereocenters. The highest BCUT2D eigenvalue weighted by Crippen LogP contribution is 2.22. The van der Waals surface area contributed by atoms with Gasteiger partial charge in [0.15, 0.2) is 5.69 Å². The first-order valence-corrected chi connectivity index (χ1v) is 7.56. The van der Waals surface area contributed by atoms with E-state index in [-0.39, 0.29) is 5.91 Å². The Labute approximate surface area is 133 Å². The van der Waals surface area contributed by atoms with Crippen LogP contribution in [0.2, 0.25) is 0 Å². The zero-order valence-electron chi connectivity index (χ0n) is 12.4. The van der Waals surface area contributed by atoms with Crippen LogP contribution in [-0.2, 0) is 12.8 Å². The summed E-state index contributed by atoms with van der Waals surface area (Å²) in [4.78, 5) is 12.4. The highest BCUT2D eigenvalue weighted by molar-refractivity contribution is 6.03. The number of nitrogens with zero attached hydrogens (tertiary/aromatic N) is 3. The molecule has 2 heterocycles. The van der Waals surface area contributed by atoms with E-state index in [2.05, 4.69) is 25.7 Å². The SMILES string of the molecule is O=C(Nc1cccc(-c2ccn[nH]2)c1)c1cc2c(nn1)CCC2. The van der Waals surface area contributed by atoms with Gasteiger partial charge in [0.2, 0.25) is 0 Å². The van der Waals surface area contributed by atoms with E-state index in [1.165, 1.54) is 0 Å². The largest absolute Gasteiger partial charge is 0.321 e. The summed E-state index contributed by atoms with van der Waals surface area (Å²) in [5.41, 5.74) is 5.08. The third-order valence-corrected chi connectivity index (χ3v) is 3.98. The van der Waals surface area contributed by atoms with Crippen LogP contribution in [0.1, 0.15) is 28.2 Å². The van der Waals surface area contributed by atoms with Crippen molar-refractivity contribution in [1.29, 1.82) is 0 Å². The number of aromatic amines is 1. The average molecular weight is 305 g/mol. The van der Waals surface area contributed by atoms with Crippen LogP contribution in [0.25, 0.3) is 11.3 Å². The highest BCUT2D eigenvalue weighted by Gasteiger charge is 2.17. The maximum absolute atomic E-state index is 12.4. The zero-order valence-corrected chi connectivity index (χ0v) is 12.4. The molecular formula is C17H15N5O. The first-order chi connectivity index (χ1) is 11.3. The summed E-state index contributed by atoms with van der Waals surface area (Å²) in [7, 11) is 0. The molecule has 2 aromatic heterocycles. The number of hydrogen-bond acceptors (Lipinski definition) is 4. The summed E-state index contributed by atoms with van der Waals surface area (Å²) >= 11 is 0. The topological polar surface area (TPSA) is 83.6 Å². The fourth-order valence-corrected chi connectivity index (χ4v) is 2.82. The van der Waals surface area contributed by atoms with Gasteiger partial charge < -0.3 is 5.32 Å². The fraction of sp³-hybridized carbons (Fsp3) is 0.176. The molecule has 4 rings (SSSR count). The second kappa shape index (κ2) is 5.64. The van der Waals surface area contributed by atoms with Crippen LogP contribution in [0.3, 0.4) is 0 Å². The van der Waals surface area contributed by atoms with E-state index in [1.807, 2.05) is 36.4 Å². The van der Waals surface area contributed by atoms with E-state index in [4.69, 9.17) is 0 Å². The van der Waals surface area contributed by atoms with E-state index >= 15 is 0 Å². The molecular weight excluding hydrogens is 290 g/mol. The smallest absolute Gasteiger partial charge is 0.276 e. The van der Waals surface area contributed by atoms with Gasteiger partial charge in [0.25, 0.3) is 5.91 Å². The maximum Gasteiger partial charge on any atom is 0.276 e. The molecule has 1 amide bonds. The van der Waals surface area contributed by atoms with Crippen LogP contribution in [0.5, 0.6) is 0 Å². The number of benzene rings is 1. The van der Waals surface area contributed by atoms with Crippen molar-refractivity contribution < 1.29 is 4.79 Å². The van der Waals surface area contributed by atoms with Crippen molar-refractivity contribution in [1.82, 2.24) is 20.4 Å². The molecule has 0 fully saturated rings. The summed E-state index contributed by atoms with van der Waals surface area (Å²) in [6.45, 7) is 0. The molecule has 0 unspecified atom stereocenters. The number of aromatic nitrogens is 4. The van der Waals surface area contributed by atoms with Crippen molar-refractivity contribution >= 4 is 11.6 Å². The minimum Gasteiger partial charge on any atom is -0.321 e. The summed E-state index contributed by atoms with van der Waals surface area (Å²) in [6.07, 6.45) is 4.71. The predicted octanol–water partition coefficient (Wildman–Crippen LogP) is 2.61. The van der Waals surface area contributed by atoms with E-state index in [1.54, 1.807) is 6.20 Å². The van der Waals surface area contributed by atoms with Crippen molar-refractivity contribution in [3.63, 3.8) is 0 Å². The Morgan fingerprint density at radius 1 is 1.13 bits per heavy atom. The molecule has 6 heteroatoms. The Balaban J connectivity index is 1.56. The van der Waals surface area contributed by atoms with Crippen molar-refractivity contribution in [2.24, 2.45) is 0 Å². The number of amides is 1. The molecule has 0 spiro atoms. The van der Waals surface area contributed by atoms with Gasteiger partial charge in [-0.05, 0) is 49.1 Å². The van der Waals surface area contributed by atoms with E-state index in [0.717, 1.165) is 41.8 Å². The predicted molar refractivity (Wildman–Crippen MR) is 86.0 cm³/mol. The van der Waals surface area contributed by atoms with Crippen LogP contribution in [0.4, 0.5) is 5.69 Å². The number of aryl methyl sites for hydroxylation is 2. The summed E-state index contributed by atoms with van der Waals surface area (Å²) in [6, 6.07) is 11.3. The second-order valence-electron chi connectivity index (χ2n) is 5.56. The molecule has 1 aromatic carbocycles. The van der Waals surface area contributed by atoms with Crippen LogP contribution in [0.15, 0.2) is 42.6 Å². The third-order valence-electron chi connectivity index (χ3n) is 3.98. The Hall–Kier alpha value is -3.02. The summed E-state index contributed by atoms with van der Waals surface area (Å²) in [5, 5.41) is 17.9. The molecule has 0 saturated heterocycles. The molecule has 2 N–H and O–H groups in total. The number of anilines is 1. The average Bonchev–Trinajstić information content (AvgIpc) is 3.26. The van der Waals surface area contributed by atoms with Crippen LogP contribution < -0.4 is 5.32 Å². The van der Waals surface area contributed by atoms with Crippen LogP contribution in [0, 0.1) is 0 Å². The van der Waals surface area contributed by atoms with Crippen LogP contribution in [-0.4, -0.2) is 26.3 Å². The molecule has 6 nitrogen and oxygen atoms in total. The number of carbonyl (C=O) groups is 1. The zero-order chi connectivity index (χ0) is 15.6. The monoisotopic (exact) mass is 305 g/mol. The minimum atomic E-state index is -0.242. The number of hydrogen-bond donors (Lipinski definition) is 2. The molecule has 1 aliphatic rings. The van der Waals surface area contributed by atoms with Gasteiger partial charge in [-0.25, -0.2) is 0 Å². The Morgan fingerprint density at radius 3 is 2.96 bits per heavy atom. The standard InChI is InChI=1S/C17H15N5O/c23-17(16-10-12-4-2-6-14(12)21-22-16)19-13-5-1-3-11(9-13)15-7-8-18-20-15/h1,3,5,7-10H,2,4,6H2,(H,18,20)(H,19,23). The van der Waals surface area contributed by atoms with Gasteiger partial charge in [-0.1, -0.05) is 12.1 Å². The fourth-order valence-electron chi connectivity index (χ4n) is 2.82. The summed E-state index contributed by atoms with van der Waals surface area (Å²) in [5.74, 6) is -0.242. The highest BCUT2D eigenvalue weighted by atomic mass is 16.1. The number of H-pyrrole nitrogens is 1. The lowest BCUT2D eigenvalue weighted by molar-refractivity contribution is 0.102. The van der Waals surface area contributed by atoms with E-state index in [9.17, 15) is 4.79 Å². The lowest BCUT2D eigenvalue weighted by atomic mass is 10.1. The molecule has 0 aliphatic heterocycles. The summed E-state index contributed by atoms with van der Waals surface area (Å²) < 4.78 is 0. The first kappa shape index (κ1) is 13.6. The number of fused-ring (bicyclic) bond motifs is 1. The Bertz CT molecular complexity index is 857. The van der Waals surface area contributed by atoms with Gasteiger partial charge in [-0.3, -0.25) is 9.89 Å². The number of nitrogens with one attached hydrogen (secondary N) is 2. The van der Waals surface area contributed by atoms with Gasteiger partial charge >= 0.3 is 0 Å². The van der Waals surface area contributed by atoms with E-state index in [0.29, 0.717) is 11.4 Å². The lowest BCUT2D eigenvalue weighted by Crippen LogP contribution is -2.15. The lowest BCUT2D eigenvalue weighted by Gasteiger charge is -2.07. The minimum absolute atomic E-state index is 0.242. The molecule has 3 aromatic rings. The normalized spacial score (nSPS) is 12.9. The molecule has 0 bridgehead atoms. The quantitative estimate of drug-likeness (QED) is 0.779. The molecule has 1 aliphatic carbocycles. The third kappa shape index (κ3) is 2.70. The van der Waals surface area contributed by atoms with Crippen molar-refractivity contribution in [3.8, 4) is 11.3 Å². The Kier molecular flexibility index (Phi) is 3.34. The number of carbonyl (C=O) groups excluding carboxylic acids is 1. The van der Waals surface area contributed by atoms with Gasteiger partial charge in [0.1, 0.15) is 0 Å². The molecule has 114 valence electrons. The Morgan fingerprint density at radius 2 is 2.09 bits per heavy atom. The molecule has 0 saturated carbocycles. The van der Waals surface area contributed by atoms with Crippen molar-refractivity contribution in [3.05, 3.63) is 59.5 Å². The second-order valence-corrected chi connectivity index (χ2v) is 5.56. The molecule has 0 radical (unpaired) electrons. The van der Waals surface area contributed by atoms with Crippen LogP contribution >= 0.6 is 0 Å². The first-order valence-electron chi connectivity index (χ1n) is 7.56. The van der Waals surface area contributed by atoms with Gasteiger partial charge in [0, 0.05) is 17.4 Å².